The van der Waals surface area contributed by atoms with Gasteiger partial charge in [-0.3, -0.25) is 4.79 Å². The highest BCUT2D eigenvalue weighted by molar-refractivity contribution is 6.05. The van der Waals surface area contributed by atoms with Crippen molar-refractivity contribution in [3.63, 3.8) is 0 Å². The molecule has 0 aromatic heterocycles. The lowest BCUT2D eigenvalue weighted by Crippen LogP contribution is -2.03. The van der Waals surface area contributed by atoms with Crippen molar-refractivity contribution in [2.45, 2.75) is 6.92 Å². The zero-order valence-electron chi connectivity index (χ0n) is 13.8. The molecule has 126 valence electrons. The van der Waals surface area contributed by atoms with Gasteiger partial charge in [0.1, 0.15) is 5.76 Å². The topological polar surface area (TPSA) is 61.8 Å². The lowest BCUT2D eigenvalue weighted by molar-refractivity contribution is -0.132. The van der Waals surface area contributed by atoms with Gasteiger partial charge in [-0.2, -0.15) is 0 Å². The van der Waals surface area contributed by atoms with Crippen LogP contribution in [0.5, 0.6) is 11.5 Å². The molecule has 1 aliphatic heterocycles. The van der Waals surface area contributed by atoms with Gasteiger partial charge in [-0.15, -0.1) is 0 Å². The van der Waals surface area contributed by atoms with Crippen molar-refractivity contribution in [2.75, 3.05) is 7.11 Å². The quantitative estimate of drug-likeness (QED) is 0.485. The van der Waals surface area contributed by atoms with Gasteiger partial charge in [0.25, 0.3) is 0 Å². The first-order chi connectivity index (χ1) is 12.1. The molecule has 0 atom stereocenters. The van der Waals surface area contributed by atoms with Crippen molar-refractivity contribution in [3.05, 3.63) is 71.3 Å². The molecular formula is C20H16O5. The fourth-order valence-electron chi connectivity index (χ4n) is 2.43. The number of rotatable bonds is 4. The smallest absolute Gasteiger partial charge is 0.343 e. The van der Waals surface area contributed by atoms with E-state index in [1.54, 1.807) is 30.4 Å². The Kier molecular flexibility index (Phi) is 4.66. The monoisotopic (exact) mass is 336 g/mol. The molecule has 25 heavy (non-hydrogen) atoms. The summed E-state index contributed by atoms with van der Waals surface area (Å²) < 4.78 is 15.6. The molecule has 0 radical (unpaired) electrons. The summed E-state index contributed by atoms with van der Waals surface area (Å²) in [5, 5.41) is 0. The second kappa shape index (κ2) is 7.05. The van der Waals surface area contributed by atoms with Gasteiger partial charge in [-0.25, -0.2) is 4.79 Å². The zero-order chi connectivity index (χ0) is 17.8. The molecule has 2 aromatic rings. The van der Waals surface area contributed by atoms with Gasteiger partial charge >= 0.3 is 11.9 Å². The van der Waals surface area contributed by atoms with E-state index in [1.165, 1.54) is 14.0 Å². The molecule has 0 bridgehead atoms. The lowest BCUT2D eigenvalue weighted by atomic mass is 10.1. The van der Waals surface area contributed by atoms with Crippen LogP contribution in [0.3, 0.4) is 0 Å². The van der Waals surface area contributed by atoms with Crippen LogP contribution in [0.4, 0.5) is 0 Å². The molecule has 0 N–H and O–H groups in total. The van der Waals surface area contributed by atoms with Crippen molar-refractivity contribution in [3.8, 4) is 11.5 Å². The van der Waals surface area contributed by atoms with E-state index in [0.717, 1.165) is 11.1 Å². The first-order valence-electron chi connectivity index (χ1n) is 7.64. The summed E-state index contributed by atoms with van der Waals surface area (Å²) in [4.78, 5) is 23.2. The van der Waals surface area contributed by atoms with Gasteiger partial charge in [0.2, 0.25) is 0 Å². The van der Waals surface area contributed by atoms with E-state index in [2.05, 4.69) is 0 Å². The van der Waals surface area contributed by atoms with Crippen LogP contribution in [-0.4, -0.2) is 19.0 Å². The van der Waals surface area contributed by atoms with Gasteiger partial charge in [0, 0.05) is 12.5 Å². The molecule has 0 fully saturated rings. The molecule has 0 unspecified atom stereocenters. The lowest BCUT2D eigenvalue weighted by Gasteiger charge is -2.08. The minimum atomic E-state index is -0.431. The molecule has 0 saturated heterocycles. The van der Waals surface area contributed by atoms with Crippen LogP contribution in [0.1, 0.15) is 18.1 Å². The third kappa shape index (κ3) is 3.77. The van der Waals surface area contributed by atoms with Gasteiger partial charge < -0.3 is 14.2 Å². The van der Waals surface area contributed by atoms with Crippen molar-refractivity contribution in [2.24, 2.45) is 0 Å². The van der Waals surface area contributed by atoms with Crippen LogP contribution in [0.2, 0.25) is 0 Å². The Hall–Kier alpha value is -3.34. The molecule has 0 aliphatic carbocycles. The first-order valence-corrected chi connectivity index (χ1v) is 7.64. The second-order valence-corrected chi connectivity index (χ2v) is 5.37. The standard InChI is InChI=1S/C20H16O5/c1-13(21)24-17-9-8-14(11-19(17)23-2)10-16-12-18(25-20(16)22)15-6-4-3-5-7-15/h3-12H,1-2H3/b16-10-. The van der Waals surface area contributed by atoms with Crippen LogP contribution in [0, 0.1) is 0 Å². The Bertz CT molecular complexity index is 878. The molecule has 1 aliphatic rings. The number of carbonyl (C=O) groups excluding carboxylic acids is 2. The average Bonchev–Trinajstić information content (AvgIpc) is 2.97. The van der Waals surface area contributed by atoms with Gasteiger partial charge in [0.05, 0.1) is 12.7 Å². The molecule has 0 spiro atoms. The van der Waals surface area contributed by atoms with Crippen molar-refractivity contribution < 1.29 is 23.8 Å². The summed E-state index contributed by atoms with van der Waals surface area (Å²) in [6.07, 6.45) is 3.39. The van der Waals surface area contributed by atoms with E-state index in [-0.39, 0.29) is 0 Å². The van der Waals surface area contributed by atoms with E-state index in [1.807, 2.05) is 30.3 Å². The van der Waals surface area contributed by atoms with E-state index in [4.69, 9.17) is 14.2 Å². The highest BCUT2D eigenvalue weighted by Crippen LogP contribution is 2.31. The first kappa shape index (κ1) is 16.5. The molecule has 3 rings (SSSR count). The highest BCUT2D eigenvalue weighted by Gasteiger charge is 2.22. The molecule has 0 amide bonds. The maximum absolute atomic E-state index is 12.1. The Morgan fingerprint density at radius 3 is 2.52 bits per heavy atom. The summed E-state index contributed by atoms with van der Waals surface area (Å²) in [6, 6.07) is 14.4. The van der Waals surface area contributed by atoms with Crippen LogP contribution in [0.25, 0.3) is 11.8 Å². The number of hydrogen-bond donors (Lipinski definition) is 0. The largest absolute Gasteiger partial charge is 0.493 e. The minimum absolute atomic E-state index is 0.326. The maximum Gasteiger partial charge on any atom is 0.343 e. The van der Waals surface area contributed by atoms with E-state index in [9.17, 15) is 9.59 Å². The third-order valence-electron chi connectivity index (χ3n) is 3.55. The van der Waals surface area contributed by atoms with Crippen LogP contribution < -0.4 is 9.47 Å². The van der Waals surface area contributed by atoms with E-state index >= 15 is 0 Å². The van der Waals surface area contributed by atoms with Crippen LogP contribution in [0.15, 0.2) is 60.2 Å². The number of carbonyl (C=O) groups is 2. The van der Waals surface area contributed by atoms with Crippen LogP contribution in [-0.2, 0) is 14.3 Å². The number of benzene rings is 2. The Balaban J connectivity index is 1.91. The zero-order valence-corrected chi connectivity index (χ0v) is 13.8. The van der Waals surface area contributed by atoms with Gasteiger partial charge in [-0.05, 0) is 29.8 Å². The van der Waals surface area contributed by atoms with Gasteiger partial charge in [-0.1, -0.05) is 36.4 Å². The third-order valence-corrected chi connectivity index (χ3v) is 3.55. The Morgan fingerprint density at radius 2 is 1.84 bits per heavy atom. The summed E-state index contributed by atoms with van der Waals surface area (Å²) >= 11 is 0. The van der Waals surface area contributed by atoms with Crippen LogP contribution >= 0.6 is 0 Å². The predicted octanol–water partition coefficient (Wildman–Crippen LogP) is 3.60. The molecule has 5 heteroatoms. The fourth-order valence-corrected chi connectivity index (χ4v) is 2.43. The van der Waals surface area contributed by atoms with Gasteiger partial charge in [0.15, 0.2) is 11.5 Å². The number of hydrogen-bond acceptors (Lipinski definition) is 5. The molecule has 5 nitrogen and oxygen atoms in total. The molecule has 2 aromatic carbocycles. The number of methoxy groups -OCH3 is 1. The molecule has 0 saturated carbocycles. The molecular weight excluding hydrogens is 320 g/mol. The Labute approximate surface area is 145 Å². The normalized spacial score (nSPS) is 14.9. The predicted molar refractivity (Wildman–Crippen MR) is 92.8 cm³/mol. The van der Waals surface area contributed by atoms with Crippen molar-refractivity contribution in [1.29, 1.82) is 0 Å². The SMILES string of the molecule is COc1cc(/C=C2/C=C(c3ccccc3)OC2=O)ccc1OC(C)=O. The summed E-state index contributed by atoms with van der Waals surface area (Å²) in [6.45, 7) is 1.32. The average molecular weight is 336 g/mol. The molecule has 1 heterocycles. The van der Waals surface area contributed by atoms with Crippen molar-refractivity contribution >= 4 is 23.8 Å². The summed E-state index contributed by atoms with van der Waals surface area (Å²) in [5.74, 6) is 0.399. The maximum atomic E-state index is 12.1. The fraction of sp³-hybridized carbons (Fsp3) is 0.100. The summed E-state index contributed by atoms with van der Waals surface area (Å²) in [7, 11) is 1.48. The highest BCUT2D eigenvalue weighted by atomic mass is 16.6. The second-order valence-electron chi connectivity index (χ2n) is 5.37. The number of ether oxygens (including phenoxy) is 3. The van der Waals surface area contributed by atoms with Crippen molar-refractivity contribution in [1.82, 2.24) is 0 Å². The minimum Gasteiger partial charge on any atom is -0.493 e. The Morgan fingerprint density at radius 1 is 1.08 bits per heavy atom. The summed E-state index contributed by atoms with van der Waals surface area (Å²) in [5.41, 5.74) is 1.99. The van der Waals surface area contributed by atoms with E-state index in [0.29, 0.717) is 22.8 Å². The van der Waals surface area contributed by atoms with E-state index < -0.39 is 11.9 Å². The number of cyclic esters (lactones) is 1. The number of esters is 2.